The number of hydrogen-bond acceptors (Lipinski definition) is 5. The monoisotopic (exact) mass is 407 g/mol. The van der Waals surface area contributed by atoms with Gasteiger partial charge in [0.25, 0.3) is 5.89 Å². The van der Waals surface area contributed by atoms with Gasteiger partial charge in [-0.2, -0.15) is 4.98 Å². The number of amides is 1. The third-order valence-corrected chi connectivity index (χ3v) is 4.41. The molecule has 0 saturated carbocycles. The highest BCUT2D eigenvalue weighted by Gasteiger charge is 2.35. The minimum absolute atomic E-state index is 0.117. The molecule has 1 aliphatic rings. The average Bonchev–Trinajstić information content (AvgIpc) is 3.29. The average molecular weight is 407 g/mol. The minimum atomic E-state index is -4.77. The first-order chi connectivity index (χ1) is 13.8. The first-order valence-corrected chi connectivity index (χ1v) is 8.54. The molecule has 1 saturated heterocycles. The normalized spacial score (nSPS) is 17.0. The lowest BCUT2D eigenvalue weighted by Gasteiger charge is -2.15. The summed E-state index contributed by atoms with van der Waals surface area (Å²) < 4.78 is 58.8. The van der Waals surface area contributed by atoms with Crippen molar-refractivity contribution in [2.45, 2.75) is 18.7 Å². The zero-order chi connectivity index (χ0) is 20.6. The van der Waals surface area contributed by atoms with Gasteiger partial charge in [-0.3, -0.25) is 4.79 Å². The molecule has 1 aromatic heterocycles. The third-order valence-electron chi connectivity index (χ3n) is 4.41. The van der Waals surface area contributed by atoms with Gasteiger partial charge < -0.3 is 14.2 Å². The Morgan fingerprint density at radius 2 is 1.76 bits per heavy atom. The molecule has 4 rings (SSSR count). The van der Waals surface area contributed by atoms with Crippen LogP contribution in [0.3, 0.4) is 0 Å². The van der Waals surface area contributed by atoms with Crippen LogP contribution >= 0.6 is 0 Å². The highest BCUT2D eigenvalue weighted by Crippen LogP contribution is 2.32. The van der Waals surface area contributed by atoms with Crippen molar-refractivity contribution >= 4 is 11.6 Å². The van der Waals surface area contributed by atoms with Crippen molar-refractivity contribution in [2.75, 3.05) is 11.4 Å². The van der Waals surface area contributed by atoms with Gasteiger partial charge in [0, 0.05) is 30.1 Å². The van der Waals surface area contributed by atoms with Crippen molar-refractivity contribution in [2.24, 2.45) is 0 Å². The molecule has 29 heavy (non-hydrogen) atoms. The van der Waals surface area contributed by atoms with Crippen LogP contribution in [0.4, 0.5) is 23.2 Å². The summed E-state index contributed by atoms with van der Waals surface area (Å²) in [6.07, 6.45) is -4.61. The van der Waals surface area contributed by atoms with Gasteiger partial charge in [0.15, 0.2) is 5.82 Å². The molecule has 0 N–H and O–H groups in total. The maximum atomic E-state index is 13.1. The largest absolute Gasteiger partial charge is 0.573 e. The molecule has 0 unspecified atom stereocenters. The van der Waals surface area contributed by atoms with Gasteiger partial charge >= 0.3 is 6.36 Å². The number of ether oxygens (including phenoxy) is 1. The van der Waals surface area contributed by atoms with Crippen LogP contribution in [0.25, 0.3) is 11.5 Å². The zero-order valence-electron chi connectivity index (χ0n) is 14.7. The van der Waals surface area contributed by atoms with E-state index in [1.165, 1.54) is 41.3 Å². The van der Waals surface area contributed by atoms with Crippen LogP contribution in [-0.2, 0) is 4.79 Å². The first kappa shape index (κ1) is 18.9. The van der Waals surface area contributed by atoms with Crippen LogP contribution in [-0.4, -0.2) is 29.0 Å². The molecular formula is C19H13F4N3O3. The van der Waals surface area contributed by atoms with Gasteiger partial charge in [0.2, 0.25) is 5.91 Å². The molecule has 0 radical (unpaired) electrons. The molecule has 10 heteroatoms. The summed E-state index contributed by atoms with van der Waals surface area (Å²) in [6, 6.07) is 10.6. The molecule has 0 aliphatic carbocycles. The predicted molar refractivity (Wildman–Crippen MR) is 92.5 cm³/mol. The number of aromatic nitrogens is 2. The second kappa shape index (κ2) is 7.19. The summed E-state index contributed by atoms with van der Waals surface area (Å²) in [4.78, 5) is 18.1. The Bertz CT molecular complexity index is 1020. The third kappa shape index (κ3) is 4.20. The van der Waals surface area contributed by atoms with Crippen LogP contribution in [0.5, 0.6) is 5.75 Å². The maximum absolute atomic E-state index is 13.1. The molecule has 1 atom stereocenters. The summed E-state index contributed by atoms with van der Waals surface area (Å²) >= 11 is 0. The lowest BCUT2D eigenvalue weighted by Crippen LogP contribution is -2.24. The smallest absolute Gasteiger partial charge is 0.406 e. The van der Waals surface area contributed by atoms with Gasteiger partial charge in [-0.15, -0.1) is 13.2 Å². The van der Waals surface area contributed by atoms with E-state index in [0.29, 0.717) is 23.6 Å². The summed E-state index contributed by atoms with van der Waals surface area (Å²) in [6.45, 7) is 0.307. The Labute approximate surface area is 161 Å². The number of nitrogens with zero attached hydrogens (tertiary/aromatic N) is 3. The highest BCUT2D eigenvalue weighted by atomic mass is 19.4. The van der Waals surface area contributed by atoms with Gasteiger partial charge in [-0.05, 0) is 48.5 Å². The van der Waals surface area contributed by atoms with E-state index < -0.39 is 12.2 Å². The van der Waals surface area contributed by atoms with E-state index in [1.807, 2.05) is 0 Å². The fourth-order valence-corrected chi connectivity index (χ4v) is 3.07. The van der Waals surface area contributed by atoms with Crippen LogP contribution in [0.15, 0.2) is 53.1 Å². The number of rotatable bonds is 4. The molecule has 1 amide bonds. The van der Waals surface area contributed by atoms with Crippen LogP contribution in [0.2, 0.25) is 0 Å². The van der Waals surface area contributed by atoms with E-state index in [0.717, 1.165) is 12.1 Å². The zero-order valence-corrected chi connectivity index (χ0v) is 14.7. The number of hydrogen-bond donors (Lipinski definition) is 0. The van der Waals surface area contributed by atoms with E-state index in [2.05, 4.69) is 14.9 Å². The van der Waals surface area contributed by atoms with Crippen molar-refractivity contribution in [3.8, 4) is 17.2 Å². The summed E-state index contributed by atoms with van der Waals surface area (Å²) in [5.41, 5.74) is 0.987. The number of halogens is 4. The second-order valence-corrected chi connectivity index (χ2v) is 6.41. The Morgan fingerprint density at radius 3 is 2.41 bits per heavy atom. The topological polar surface area (TPSA) is 68.5 Å². The second-order valence-electron chi connectivity index (χ2n) is 6.41. The van der Waals surface area contributed by atoms with Crippen LogP contribution in [0.1, 0.15) is 18.2 Å². The highest BCUT2D eigenvalue weighted by molar-refractivity contribution is 5.96. The quantitative estimate of drug-likeness (QED) is 0.604. The summed E-state index contributed by atoms with van der Waals surface area (Å²) in [5.74, 6) is -0.803. The predicted octanol–water partition coefficient (Wildman–Crippen LogP) is 4.29. The van der Waals surface area contributed by atoms with Crippen molar-refractivity contribution in [1.29, 1.82) is 0 Å². The summed E-state index contributed by atoms with van der Waals surface area (Å²) in [5, 5.41) is 3.90. The fraction of sp³-hybridized carbons (Fsp3) is 0.211. The van der Waals surface area contributed by atoms with Gasteiger partial charge in [0.05, 0.1) is 0 Å². The lowest BCUT2D eigenvalue weighted by atomic mass is 10.1. The van der Waals surface area contributed by atoms with E-state index in [9.17, 15) is 22.4 Å². The van der Waals surface area contributed by atoms with Crippen molar-refractivity contribution in [1.82, 2.24) is 10.1 Å². The van der Waals surface area contributed by atoms with E-state index in [-0.39, 0.29) is 29.9 Å². The fourth-order valence-electron chi connectivity index (χ4n) is 3.07. The molecule has 2 aromatic carbocycles. The molecular weight excluding hydrogens is 394 g/mol. The molecule has 3 aromatic rings. The van der Waals surface area contributed by atoms with Crippen LogP contribution in [0, 0.1) is 5.82 Å². The maximum Gasteiger partial charge on any atom is 0.573 e. The van der Waals surface area contributed by atoms with E-state index in [4.69, 9.17) is 4.52 Å². The van der Waals surface area contributed by atoms with E-state index >= 15 is 0 Å². The van der Waals surface area contributed by atoms with Crippen LogP contribution < -0.4 is 9.64 Å². The number of carbonyl (C=O) groups is 1. The summed E-state index contributed by atoms with van der Waals surface area (Å²) in [7, 11) is 0. The number of benzene rings is 2. The Morgan fingerprint density at radius 1 is 1.07 bits per heavy atom. The molecule has 1 aliphatic heterocycles. The number of alkyl halides is 3. The first-order valence-electron chi connectivity index (χ1n) is 8.54. The standard InChI is InChI=1S/C19H13F4N3O3/c20-13-3-5-14(6-4-13)26-10-12(9-16(26)27)17-24-18(29-25-17)11-1-7-15(8-2-11)28-19(21,22)23/h1-8,12H,9-10H2/t12-/m1/s1. The molecule has 150 valence electrons. The lowest BCUT2D eigenvalue weighted by molar-refractivity contribution is -0.274. The molecule has 0 bridgehead atoms. The number of anilines is 1. The number of carbonyl (C=O) groups excluding carboxylic acids is 1. The molecule has 2 heterocycles. The van der Waals surface area contributed by atoms with Crippen molar-refractivity contribution < 1.29 is 31.6 Å². The Balaban J connectivity index is 1.48. The SMILES string of the molecule is O=C1C[C@@H](c2noc(-c3ccc(OC(F)(F)F)cc3)n2)CN1c1ccc(F)cc1. The Kier molecular flexibility index (Phi) is 4.69. The van der Waals surface area contributed by atoms with Gasteiger partial charge in [-0.25, -0.2) is 4.39 Å². The van der Waals surface area contributed by atoms with E-state index in [1.54, 1.807) is 0 Å². The van der Waals surface area contributed by atoms with Crippen molar-refractivity contribution in [3.05, 3.63) is 60.2 Å². The Hall–Kier alpha value is -3.43. The van der Waals surface area contributed by atoms with Gasteiger partial charge in [-0.1, -0.05) is 5.16 Å². The van der Waals surface area contributed by atoms with Gasteiger partial charge in [0.1, 0.15) is 11.6 Å². The molecule has 0 spiro atoms. The molecule has 6 nitrogen and oxygen atoms in total. The molecule has 1 fully saturated rings. The minimum Gasteiger partial charge on any atom is -0.406 e. The van der Waals surface area contributed by atoms with Crippen molar-refractivity contribution in [3.63, 3.8) is 0 Å².